The van der Waals surface area contributed by atoms with Gasteiger partial charge in [0, 0.05) is 7.11 Å². The van der Waals surface area contributed by atoms with Gasteiger partial charge in [0.2, 0.25) is 10.0 Å². The standard InChI is InChI=1S/C10H11Cl2NO5S/c1-18-2-3-19(16,17)13-9-7(11)4-6(10(14)15)5-8(9)12/h4-5,13H,2-3H2,1H3,(H,14,15). The van der Waals surface area contributed by atoms with Crippen LogP contribution in [0.15, 0.2) is 12.1 Å². The van der Waals surface area contributed by atoms with Crippen LogP contribution in [0, 0.1) is 0 Å². The van der Waals surface area contributed by atoms with Gasteiger partial charge in [0.1, 0.15) is 0 Å². The number of halogens is 2. The number of anilines is 1. The second kappa shape index (κ2) is 6.42. The van der Waals surface area contributed by atoms with Crippen molar-refractivity contribution in [3.63, 3.8) is 0 Å². The van der Waals surface area contributed by atoms with Crippen molar-refractivity contribution in [1.82, 2.24) is 0 Å². The van der Waals surface area contributed by atoms with Crippen molar-refractivity contribution >= 4 is 44.9 Å². The van der Waals surface area contributed by atoms with E-state index in [1.165, 1.54) is 7.11 Å². The van der Waals surface area contributed by atoms with E-state index < -0.39 is 16.0 Å². The molecule has 0 radical (unpaired) electrons. The van der Waals surface area contributed by atoms with E-state index in [2.05, 4.69) is 9.46 Å². The average molecular weight is 328 g/mol. The molecule has 6 nitrogen and oxygen atoms in total. The van der Waals surface area contributed by atoms with Crippen molar-refractivity contribution in [2.24, 2.45) is 0 Å². The minimum Gasteiger partial charge on any atom is -0.478 e. The minimum absolute atomic E-state index is 0.0117. The molecule has 0 saturated heterocycles. The van der Waals surface area contributed by atoms with E-state index >= 15 is 0 Å². The zero-order valence-corrected chi connectivity index (χ0v) is 12.1. The Kier molecular flexibility index (Phi) is 5.42. The maximum atomic E-state index is 11.7. The molecule has 0 aliphatic carbocycles. The summed E-state index contributed by atoms with van der Waals surface area (Å²) in [5.74, 6) is -1.48. The highest BCUT2D eigenvalue weighted by molar-refractivity contribution is 7.92. The van der Waals surface area contributed by atoms with Gasteiger partial charge >= 0.3 is 5.97 Å². The topological polar surface area (TPSA) is 92.7 Å². The van der Waals surface area contributed by atoms with Gasteiger partial charge in [-0.15, -0.1) is 0 Å². The van der Waals surface area contributed by atoms with Crippen LogP contribution in [0.25, 0.3) is 0 Å². The van der Waals surface area contributed by atoms with Crippen molar-refractivity contribution in [3.8, 4) is 0 Å². The maximum absolute atomic E-state index is 11.7. The number of methoxy groups -OCH3 is 1. The molecule has 0 atom stereocenters. The number of ether oxygens (including phenoxy) is 1. The number of hydrogen-bond acceptors (Lipinski definition) is 4. The Morgan fingerprint density at radius 2 is 1.89 bits per heavy atom. The summed E-state index contributed by atoms with van der Waals surface area (Å²) in [7, 11) is -2.29. The number of nitrogens with one attached hydrogen (secondary N) is 1. The molecule has 9 heteroatoms. The Hall–Kier alpha value is -1.02. The molecule has 0 aliphatic rings. The smallest absolute Gasteiger partial charge is 0.335 e. The second-order valence-electron chi connectivity index (χ2n) is 3.53. The number of benzene rings is 1. The van der Waals surface area contributed by atoms with Gasteiger partial charge in [-0.2, -0.15) is 0 Å². The Balaban J connectivity index is 3.06. The number of rotatable bonds is 6. The zero-order chi connectivity index (χ0) is 14.6. The first-order valence-corrected chi connectivity index (χ1v) is 7.39. The lowest BCUT2D eigenvalue weighted by molar-refractivity contribution is 0.0697. The van der Waals surface area contributed by atoms with Gasteiger partial charge in [-0.25, -0.2) is 13.2 Å². The molecule has 1 rings (SSSR count). The van der Waals surface area contributed by atoms with Gasteiger partial charge in [0.25, 0.3) is 0 Å². The molecule has 0 amide bonds. The molecule has 0 aliphatic heterocycles. The molecular weight excluding hydrogens is 317 g/mol. The predicted molar refractivity (Wildman–Crippen MR) is 72.7 cm³/mol. The summed E-state index contributed by atoms with van der Waals surface area (Å²) in [6, 6.07) is 2.23. The monoisotopic (exact) mass is 327 g/mol. The van der Waals surface area contributed by atoms with Crippen LogP contribution in [0.1, 0.15) is 10.4 Å². The third kappa shape index (κ3) is 4.54. The fourth-order valence-corrected chi connectivity index (χ4v) is 2.91. The number of aromatic carboxylic acids is 1. The SMILES string of the molecule is COCCS(=O)(=O)Nc1c(Cl)cc(C(=O)O)cc1Cl. The Bertz CT molecular complexity index is 565. The molecule has 0 bridgehead atoms. The normalized spacial score (nSPS) is 11.3. The summed E-state index contributed by atoms with van der Waals surface area (Å²) in [5, 5.41) is 8.62. The fourth-order valence-electron chi connectivity index (χ4n) is 1.19. The molecule has 19 heavy (non-hydrogen) atoms. The van der Waals surface area contributed by atoms with E-state index in [0.29, 0.717) is 0 Å². The van der Waals surface area contributed by atoms with Gasteiger partial charge in [0.15, 0.2) is 0 Å². The first kappa shape index (κ1) is 16.0. The van der Waals surface area contributed by atoms with E-state index in [4.69, 9.17) is 28.3 Å². The Morgan fingerprint density at radius 1 is 1.37 bits per heavy atom. The lowest BCUT2D eigenvalue weighted by Gasteiger charge is -2.11. The molecule has 0 spiro atoms. The van der Waals surface area contributed by atoms with E-state index in [0.717, 1.165) is 12.1 Å². The van der Waals surface area contributed by atoms with Crippen molar-refractivity contribution in [3.05, 3.63) is 27.7 Å². The van der Waals surface area contributed by atoms with Gasteiger partial charge in [-0.05, 0) is 12.1 Å². The molecule has 2 N–H and O–H groups in total. The third-order valence-electron chi connectivity index (χ3n) is 2.10. The molecule has 1 aromatic carbocycles. The second-order valence-corrected chi connectivity index (χ2v) is 6.19. The quantitative estimate of drug-likeness (QED) is 0.834. The molecule has 0 heterocycles. The summed E-state index contributed by atoms with van der Waals surface area (Å²) in [4.78, 5) is 10.8. The van der Waals surface area contributed by atoms with Crippen LogP contribution in [0.4, 0.5) is 5.69 Å². The minimum atomic E-state index is -3.67. The molecule has 1 aromatic rings. The number of sulfonamides is 1. The van der Waals surface area contributed by atoms with Crippen LogP contribution in [0.5, 0.6) is 0 Å². The van der Waals surface area contributed by atoms with Crippen LogP contribution >= 0.6 is 23.2 Å². The van der Waals surface area contributed by atoms with E-state index in [-0.39, 0.29) is 33.7 Å². The van der Waals surface area contributed by atoms with Crippen molar-refractivity contribution in [2.45, 2.75) is 0 Å². The summed E-state index contributed by atoms with van der Waals surface area (Å²) in [6.45, 7) is 0.0117. The van der Waals surface area contributed by atoms with E-state index in [1.807, 2.05) is 0 Å². The highest BCUT2D eigenvalue weighted by Gasteiger charge is 2.17. The predicted octanol–water partition coefficient (Wildman–Crippen LogP) is 2.08. The summed E-state index contributed by atoms with van der Waals surface area (Å²) >= 11 is 11.6. The Labute approximate surface area is 120 Å². The van der Waals surface area contributed by atoms with E-state index in [1.54, 1.807) is 0 Å². The van der Waals surface area contributed by atoms with Gasteiger partial charge in [-0.1, -0.05) is 23.2 Å². The van der Waals surface area contributed by atoms with Crippen molar-refractivity contribution in [2.75, 3.05) is 24.2 Å². The molecule has 0 aromatic heterocycles. The highest BCUT2D eigenvalue weighted by atomic mass is 35.5. The van der Waals surface area contributed by atoms with Crippen LogP contribution in [0.2, 0.25) is 10.0 Å². The molecule has 0 fully saturated rings. The fraction of sp³-hybridized carbons (Fsp3) is 0.300. The van der Waals surface area contributed by atoms with E-state index in [9.17, 15) is 13.2 Å². The summed E-state index contributed by atoms with van der Waals surface area (Å²) in [6.07, 6.45) is 0. The zero-order valence-electron chi connectivity index (χ0n) is 9.81. The molecular formula is C10H11Cl2NO5S. The number of carboxylic acids is 1. The van der Waals surface area contributed by atoms with Gasteiger partial charge in [0.05, 0.1) is 33.7 Å². The Morgan fingerprint density at radius 3 is 2.32 bits per heavy atom. The van der Waals surface area contributed by atoms with Gasteiger partial charge in [-0.3, -0.25) is 4.72 Å². The number of carbonyl (C=O) groups is 1. The van der Waals surface area contributed by atoms with Crippen LogP contribution < -0.4 is 4.72 Å². The summed E-state index contributed by atoms with van der Waals surface area (Å²) in [5.41, 5.74) is -0.181. The first-order chi connectivity index (χ1) is 8.76. The lowest BCUT2D eigenvalue weighted by Crippen LogP contribution is -2.20. The number of hydrogen-bond donors (Lipinski definition) is 2. The maximum Gasteiger partial charge on any atom is 0.335 e. The van der Waals surface area contributed by atoms with Crippen molar-refractivity contribution in [1.29, 1.82) is 0 Å². The van der Waals surface area contributed by atoms with Crippen LogP contribution in [0.3, 0.4) is 0 Å². The third-order valence-corrected chi connectivity index (χ3v) is 3.92. The van der Waals surface area contributed by atoms with Crippen molar-refractivity contribution < 1.29 is 23.1 Å². The average Bonchev–Trinajstić information content (AvgIpc) is 2.31. The first-order valence-electron chi connectivity index (χ1n) is 4.98. The van der Waals surface area contributed by atoms with Crippen LogP contribution in [-0.4, -0.2) is 39.0 Å². The number of carboxylic acid groups (broad SMARTS) is 1. The molecule has 106 valence electrons. The van der Waals surface area contributed by atoms with Gasteiger partial charge < -0.3 is 9.84 Å². The molecule has 0 saturated carbocycles. The van der Waals surface area contributed by atoms with Crippen LogP contribution in [-0.2, 0) is 14.8 Å². The highest BCUT2D eigenvalue weighted by Crippen LogP contribution is 2.32. The largest absolute Gasteiger partial charge is 0.478 e. The summed E-state index contributed by atoms with van der Waals surface area (Å²) < 4.78 is 30.2. The molecule has 0 unspecified atom stereocenters. The lowest BCUT2D eigenvalue weighted by atomic mass is 10.2.